The molecule has 8 heteroatoms. The highest BCUT2D eigenvalue weighted by atomic mass is 16.6. The molecule has 1 saturated heterocycles. The molecule has 4 rings (SSSR count). The van der Waals surface area contributed by atoms with Gasteiger partial charge in [-0.3, -0.25) is 9.69 Å². The van der Waals surface area contributed by atoms with Crippen LogP contribution in [0.2, 0.25) is 0 Å². The normalized spacial score (nSPS) is 15.3. The van der Waals surface area contributed by atoms with Gasteiger partial charge >= 0.3 is 6.09 Å². The van der Waals surface area contributed by atoms with E-state index in [1.807, 2.05) is 37.3 Å². The quantitative estimate of drug-likeness (QED) is 0.598. The molecule has 1 atom stereocenters. The maximum absolute atomic E-state index is 13.8. The molecule has 2 aromatic heterocycles. The van der Waals surface area contributed by atoms with Crippen molar-refractivity contribution in [3.63, 3.8) is 0 Å². The summed E-state index contributed by atoms with van der Waals surface area (Å²) in [6, 6.07) is 12.8. The Balaban J connectivity index is 1.74. The first-order chi connectivity index (χ1) is 16.4. The lowest BCUT2D eigenvalue weighted by Gasteiger charge is -2.39. The molecule has 1 fully saturated rings. The van der Waals surface area contributed by atoms with Crippen LogP contribution in [0.3, 0.4) is 0 Å². The maximum Gasteiger partial charge on any atom is 0.409 e. The summed E-state index contributed by atoms with van der Waals surface area (Å²) in [5, 5.41) is 11.0. The highest BCUT2D eigenvalue weighted by Gasteiger charge is 2.32. The van der Waals surface area contributed by atoms with E-state index in [-0.39, 0.29) is 23.9 Å². The molecule has 0 aliphatic carbocycles. The van der Waals surface area contributed by atoms with Crippen LogP contribution in [0, 0.1) is 13.8 Å². The number of benzene rings is 1. The number of rotatable bonds is 6. The number of pyridine rings is 1. The fourth-order valence-corrected chi connectivity index (χ4v) is 4.47. The zero-order valence-electron chi connectivity index (χ0n) is 19.9. The highest BCUT2D eigenvalue weighted by molar-refractivity contribution is 5.67. The van der Waals surface area contributed by atoms with Gasteiger partial charge in [0.2, 0.25) is 0 Å². The third-order valence-corrected chi connectivity index (χ3v) is 6.29. The number of aryl methyl sites for hydroxylation is 2. The van der Waals surface area contributed by atoms with Crippen molar-refractivity contribution in [3.8, 4) is 5.75 Å². The molecule has 8 nitrogen and oxygen atoms in total. The number of aromatic nitrogens is 1. The molecule has 34 heavy (non-hydrogen) atoms. The summed E-state index contributed by atoms with van der Waals surface area (Å²) in [5.41, 5.74) is 2.74. The molecule has 1 aromatic carbocycles. The van der Waals surface area contributed by atoms with Crippen molar-refractivity contribution in [3.05, 3.63) is 87.2 Å². The van der Waals surface area contributed by atoms with E-state index in [1.54, 1.807) is 41.7 Å². The summed E-state index contributed by atoms with van der Waals surface area (Å²) in [7, 11) is 0. The van der Waals surface area contributed by atoms with Gasteiger partial charge in [0, 0.05) is 31.9 Å². The van der Waals surface area contributed by atoms with Crippen molar-refractivity contribution in [2.75, 3.05) is 32.8 Å². The van der Waals surface area contributed by atoms with E-state index >= 15 is 0 Å². The molecule has 3 heterocycles. The van der Waals surface area contributed by atoms with Crippen molar-refractivity contribution >= 4 is 6.09 Å². The molecular formula is C26H31N3O5. The standard InChI is InChI=1S/C26H31N3O5/c1-4-33-26(32)28-13-11-27(12-14-28)24(20-9-7-18(2)8-10-20)23-22(30)16-19(3)29(25(23)31)17-21-6-5-15-34-21/h5-10,15-16,24,30H,4,11-14,17H2,1-3H3/t24-/m0/s1. The Bertz CT molecular complexity index is 1180. The van der Waals surface area contributed by atoms with Crippen molar-refractivity contribution in [1.29, 1.82) is 0 Å². The maximum atomic E-state index is 13.8. The number of amides is 1. The van der Waals surface area contributed by atoms with Crippen LogP contribution in [0.1, 0.15) is 41.1 Å². The van der Waals surface area contributed by atoms with Gasteiger partial charge in [-0.2, -0.15) is 0 Å². The molecule has 0 unspecified atom stereocenters. The summed E-state index contributed by atoms with van der Waals surface area (Å²) in [4.78, 5) is 29.8. The number of piperazine rings is 1. The first-order valence-electron chi connectivity index (χ1n) is 11.6. The number of carbonyl (C=O) groups excluding carboxylic acids is 1. The van der Waals surface area contributed by atoms with Gasteiger partial charge < -0.3 is 23.7 Å². The highest BCUT2D eigenvalue weighted by Crippen LogP contribution is 2.33. The van der Waals surface area contributed by atoms with E-state index in [0.717, 1.165) is 11.1 Å². The molecule has 0 bridgehead atoms. The van der Waals surface area contributed by atoms with Crippen LogP contribution in [0.25, 0.3) is 0 Å². The molecule has 1 aliphatic rings. The summed E-state index contributed by atoms with van der Waals surface area (Å²) in [5.74, 6) is 0.633. The Morgan fingerprint density at radius 2 is 1.82 bits per heavy atom. The van der Waals surface area contributed by atoms with Crippen molar-refractivity contribution < 1.29 is 19.1 Å². The minimum Gasteiger partial charge on any atom is -0.507 e. The summed E-state index contributed by atoms with van der Waals surface area (Å²) in [6.07, 6.45) is 1.25. The second-order valence-corrected chi connectivity index (χ2v) is 8.59. The van der Waals surface area contributed by atoms with Crippen molar-refractivity contribution in [2.45, 2.75) is 33.4 Å². The predicted molar refractivity (Wildman–Crippen MR) is 128 cm³/mol. The second-order valence-electron chi connectivity index (χ2n) is 8.59. The molecule has 1 aliphatic heterocycles. The van der Waals surface area contributed by atoms with Crippen LogP contribution in [0.4, 0.5) is 4.79 Å². The first kappa shape index (κ1) is 23.6. The third-order valence-electron chi connectivity index (χ3n) is 6.29. The van der Waals surface area contributed by atoms with Crippen LogP contribution in [0.15, 0.2) is 57.9 Å². The van der Waals surface area contributed by atoms with E-state index < -0.39 is 6.04 Å². The van der Waals surface area contributed by atoms with Gasteiger partial charge in [0.05, 0.1) is 31.0 Å². The average Bonchev–Trinajstić information content (AvgIpc) is 3.34. The number of furan rings is 1. The fourth-order valence-electron chi connectivity index (χ4n) is 4.47. The van der Waals surface area contributed by atoms with E-state index in [2.05, 4.69) is 4.90 Å². The van der Waals surface area contributed by atoms with E-state index in [0.29, 0.717) is 49.8 Å². The molecule has 1 amide bonds. The van der Waals surface area contributed by atoms with Crippen LogP contribution in [-0.4, -0.2) is 58.4 Å². The van der Waals surface area contributed by atoms with Gasteiger partial charge in [-0.15, -0.1) is 0 Å². The van der Waals surface area contributed by atoms with Gasteiger partial charge in [-0.05, 0) is 44.5 Å². The molecular weight excluding hydrogens is 434 g/mol. The average molecular weight is 466 g/mol. The number of hydrogen-bond donors (Lipinski definition) is 1. The van der Waals surface area contributed by atoms with E-state index in [1.165, 1.54) is 0 Å². The summed E-state index contributed by atoms with van der Waals surface area (Å²) in [6.45, 7) is 8.26. The van der Waals surface area contributed by atoms with Gasteiger partial charge in [-0.25, -0.2) is 4.79 Å². The van der Waals surface area contributed by atoms with Gasteiger partial charge in [0.15, 0.2) is 0 Å². The Hall–Kier alpha value is -3.52. The largest absolute Gasteiger partial charge is 0.507 e. The second kappa shape index (κ2) is 10.2. The van der Waals surface area contributed by atoms with Crippen molar-refractivity contribution in [2.24, 2.45) is 0 Å². The van der Waals surface area contributed by atoms with Crippen LogP contribution in [0.5, 0.6) is 5.75 Å². The number of hydrogen-bond acceptors (Lipinski definition) is 6. The number of nitrogens with zero attached hydrogens (tertiary/aromatic N) is 3. The number of aromatic hydroxyl groups is 1. The smallest absolute Gasteiger partial charge is 0.409 e. The Kier molecular flexibility index (Phi) is 7.07. The number of ether oxygens (including phenoxy) is 1. The van der Waals surface area contributed by atoms with Gasteiger partial charge in [-0.1, -0.05) is 29.8 Å². The van der Waals surface area contributed by atoms with Crippen LogP contribution >= 0.6 is 0 Å². The number of carbonyl (C=O) groups is 1. The van der Waals surface area contributed by atoms with Gasteiger partial charge in [0.25, 0.3) is 5.56 Å². The summed E-state index contributed by atoms with van der Waals surface area (Å²) < 4.78 is 12.2. The lowest BCUT2D eigenvalue weighted by atomic mass is 9.95. The van der Waals surface area contributed by atoms with Crippen LogP contribution in [-0.2, 0) is 11.3 Å². The van der Waals surface area contributed by atoms with Gasteiger partial charge in [0.1, 0.15) is 11.5 Å². The Morgan fingerprint density at radius 3 is 2.44 bits per heavy atom. The van der Waals surface area contributed by atoms with E-state index in [4.69, 9.17) is 9.15 Å². The monoisotopic (exact) mass is 465 g/mol. The molecule has 0 saturated carbocycles. The summed E-state index contributed by atoms with van der Waals surface area (Å²) >= 11 is 0. The Labute approximate surface area is 199 Å². The SMILES string of the molecule is CCOC(=O)N1CCN([C@@H](c2ccc(C)cc2)c2c(O)cc(C)n(Cc3ccco3)c2=O)CC1. The topological polar surface area (TPSA) is 88.2 Å². The molecule has 1 N–H and O–H groups in total. The lowest BCUT2D eigenvalue weighted by Crippen LogP contribution is -2.50. The molecule has 0 radical (unpaired) electrons. The molecule has 180 valence electrons. The third kappa shape index (κ3) is 4.87. The first-order valence-corrected chi connectivity index (χ1v) is 11.6. The zero-order valence-corrected chi connectivity index (χ0v) is 19.9. The molecule has 0 spiro atoms. The van der Waals surface area contributed by atoms with E-state index in [9.17, 15) is 14.7 Å². The minimum atomic E-state index is -0.458. The van der Waals surface area contributed by atoms with Crippen molar-refractivity contribution in [1.82, 2.24) is 14.4 Å². The lowest BCUT2D eigenvalue weighted by molar-refractivity contribution is 0.0709. The zero-order chi connectivity index (χ0) is 24.2. The Morgan fingerprint density at radius 1 is 1.12 bits per heavy atom. The fraction of sp³-hybridized carbons (Fsp3) is 0.385. The minimum absolute atomic E-state index is 0.0309. The predicted octanol–water partition coefficient (Wildman–Crippen LogP) is 3.68. The molecule has 3 aromatic rings. The van der Waals surface area contributed by atoms with Crippen LogP contribution < -0.4 is 5.56 Å².